The molecule has 1 heterocycles. The highest BCUT2D eigenvalue weighted by molar-refractivity contribution is 7.17. The number of Topliss-reactive ketones (excluding diaryl/α,β-unsaturated/α-hetero) is 1. The zero-order valence-corrected chi connectivity index (χ0v) is 11.7. The largest absolute Gasteiger partial charge is 0.380 e. The van der Waals surface area contributed by atoms with Gasteiger partial charge in [0.15, 0.2) is 5.78 Å². The summed E-state index contributed by atoms with van der Waals surface area (Å²) in [7, 11) is 1.70. The first-order chi connectivity index (χ1) is 9.29. The highest BCUT2D eigenvalue weighted by atomic mass is 32.1. The summed E-state index contributed by atoms with van der Waals surface area (Å²) in [4.78, 5) is 14.1. The van der Waals surface area contributed by atoms with Gasteiger partial charge in [-0.05, 0) is 36.1 Å². The van der Waals surface area contributed by atoms with Gasteiger partial charge in [0, 0.05) is 17.9 Å². The highest BCUT2D eigenvalue weighted by Gasteiger charge is 2.31. The van der Waals surface area contributed by atoms with Crippen LogP contribution in [0.3, 0.4) is 0 Å². The van der Waals surface area contributed by atoms with Crippen LogP contribution in [0.1, 0.15) is 28.1 Å². The van der Waals surface area contributed by atoms with Crippen LogP contribution in [-0.4, -0.2) is 12.9 Å². The van der Waals surface area contributed by atoms with Crippen molar-refractivity contribution in [3.63, 3.8) is 0 Å². The maximum Gasteiger partial charge on any atom is 0.175 e. The molecule has 1 aliphatic carbocycles. The van der Waals surface area contributed by atoms with Crippen molar-refractivity contribution in [2.75, 3.05) is 7.11 Å². The first kappa shape index (κ1) is 12.6. The van der Waals surface area contributed by atoms with Crippen LogP contribution in [-0.2, 0) is 11.3 Å². The first-order valence-electron chi connectivity index (χ1n) is 6.51. The SMILES string of the molecule is COCc1ccccc1-c1ccc(C(=O)C2CC2)s1. The smallest absolute Gasteiger partial charge is 0.175 e. The second kappa shape index (κ2) is 5.27. The Morgan fingerprint density at radius 3 is 2.79 bits per heavy atom. The first-order valence-corrected chi connectivity index (χ1v) is 7.32. The van der Waals surface area contributed by atoms with Crippen molar-refractivity contribution in [1.29, 1.82) is 0 Å². The van der Waals surface area contributed by atoms with Crippen LogP contribution < -0.4 is 0 Å². The average Bonchev–Trinajstić information content (AvgIpc) is 3.17. The van der Waals surface area contributed by atoms with E-state index in [1.165, 1.54) is 5.56 Å². The van der Waals surface area contributed by atoms with Gasteiger partial charge in [-0.1, -0.05) is 24.3 Å². The maximum atomic E-state index is 12.0. The van der Waals surface area contributed by atoms with Gasteiger partial charge in [-0.3, -0.25) is 4.79 Å². The van der Waals surface area contributed by atoms with Crippen LogP contribution in [0, 0.1) is 5.92 Å². The van der Waals surface area contributed by atoms with Crippen molar-refractivity contribution in [3.8, 4) is 10.4 Å². The molecule has 1 aliphatic rings. The van der Waals surface area contributed by atoms with E-state index in [1.54, 1.807) is 18.4 Å². The fourth-order valence-electron chi connectivity index (χ4n) is 2.20. The molecule has 2 aromatic rings. The molecule has 0 N–H and O–H groups in total. The van der Waals surface area contributed by atoms with E-state index in [9.17, 15) is 4.79 Å². The molecule has 1 aromatic heterocycles. The van der Waals surface area contributed by atoms with Gasteiger partial charge in [0.25, 0.3) is 0 Å². The normalized spacial score (nSPS) is 14.6. The molecule has 3 heteroatoms. The summed E-state index contributed by atoms with van der Waals surface area (Å²) < 4.78 is 5.23. The molecule has 0 amide bonds. The number of rotatable bonds is 5. The van der Waals surface area contributed by atoms with Gasteiger partial charge in [-0.2, -0.15) is 0 Å². The summed E-state index contributed by atoms with van der Waals surface area (Å²) in [5, 5.41) is 0. The van der Waals surface area contributed by atoms with Gasteiger partial charge in [0.05, 0.1) is 11.5 Å². The molecule has 0 radical (unpaired) electrons. The third kappa shape index (κ3) is 2.62. The van der Waals surface area contributed by atoms with Gasteiger partial charge in [0.1, 0.15) is 0 Å². The maximum absolute atomic E-state index is 12.0. The molecule has 0 aliphatic heterocycles. The van der Waals surface area contributed by atoms with Gasteiger partial charge < -0.3 is 4.74 Å². The lowest BCUT2D eigenvalue weighted by atomic mass is 10.1. The van der Waals surface area contributed by atoms with Gasteiger partial charge in [-0.15, -0.1) is 11.3 Å². The lowest BCUT2D eigenvalue weighted by Gasteiger charge is -2.06. The van der Waals surface area contributed by atoms with Gasteiger partial charge >= 0.3 is 0 Å². The number of hydrogen-bond acceptors (Lipinski definition) is 3. The Bertz CT molecular complexity index is 596. The molecule has 2 nitrogen and oxygen atoms in total. The van der Waals surface area contributed by atoms with E-state index in [4.69, 9.17) is 4.74 Å². The summed E-state index contributed by atoms with van der Waals surface area (Å²) in [6.07, 6.45) is 2.12. The quantitative estimate of drug-likeness (QED) is 0.764. The number of thiophene rings is 1. The lowest BCUT2D eigenvalue weighted by Crippen LogP contribution is -1.96. The molecule has 98 valence electrons. The van der Waals surface area contributed by atoms with Crippen LogP contribution in [0.2, 0.25) is 0 Å². The van der Waals surface area contributed by atoms with Crippen molar-refractivity contribution < 1.29 is 9.53 Å². The monoisotopic (exact) mass is 272 g/mol. The molecule has 0 unspecified atom stereocenters. The van der Waals surface area contributed by atoms with E-state index in [0.717, 1.165) is 28.2 Å². The molecule has 19 heavy (non-hydrogen) atoms. The number of ether oxygens (including phenoxy) is 1. The zero-order valence-electron chi connectivity index (χ0n) is 10.9. The Balaban J connectivity index is 1.91. The Morgan fingerprint density at radius 2 is 2.05 bits per heavy atom. The lowest BCUT2D eigenvalue weighted by molar-refractivity contribution is 0.0971. The Hall–Kier alpha value is -1.45. The van der Waals surface area contributed by atoms with Crippen molar-refractivity contribution in [1.82, 2.24) is 0 Å². The second-order valence-electron chi connectivity index (χ2n) is 4.89. The number of carbonyl (C=O) groups is 1. The van der Waals surface area contributed by atoms with E-state index in [2.05, 4.69) is 18.2 Å². The van der Waals surface area contributed by atoms with E-state index >= 15 is 0 Å². The molecular weight excluding hydrogens is 256 g/mol. The minimum Gasteiger partial charge on any atom is -0.380 e. The van der Waals surface area contributed by atoms with Gasteiger partial charge in [-0.25, -0.2) is 0 Å². The number of carbonyl (C=O) groups excluding carboxylic acids is 1. The predicted octanol–water partition coefficient (Wildman–Crippen LogP) is 4.15. The number of benzene rings is 1. The topological polar surface area (TPSA) is 26.3 Å². The third-order valence-electron chi connectivity index (χ3n) is 3.38. The molecule has 1 saturated carbocycles. The molecule has 3 rings (SSSR count). The Labute approximate surface area is 117 Å². The average molecular weight is 272 g/mol. The number of hydrogen-bond donors (Lipinski definition) is 0. The van der Waals surface area contributed by atoms with Crippen molar-refractivity contribution in [2.24, 2.45) is 5.92 Å². The van der Waals surface area contributed by atoms with Crippen LogP contribution in [0.5, 0.6) is 0 Å². The number of methoxy groups -OCH3 is 1. The summed E-state index contributed by atoms with van der Waals surface area (Å²) in [5.74, 6) is 0.612. The molecule has 0 atom stereocenters. The van der Waals surface area contributed by atoms with Gasteiger partial charge in [0.2, 0.25) is 0 Å². The minimum absolute atomic E-state index is 0.292. The van der Waals surface area contributed by atoms with Crippen LogP contribution in [0.4, 0.5) is 0 Å². The van der Waals surface area contributed by atoms with E-state index in [0.29, 0.717) is 18.3 Å². The van der Waals surface area contributed by atoms with E-state index in [1.807, 2.05) is 18.2 Å². The molecule has 0 spiro atoms. The van der Waals surface area contributed by atoms with Crippen molar-refractivity contribution in [3.05, 3.63) is 46.8 Å². The number of ketones is 1. The highest BCUT2D eigenvalue weighted by Crippen LogP contribution is 2.37. The molecule has 1 aromatic carbocycles. The Kier molecular flexibility index (Phi) is 3.49. The molecule has 1 fully saturated rings. The fraction of sp³-hybridized carbons (Fsp3) is 0.312. The second-order valence-corrected chi connectivity index (χ2v) is 5.98. The predicted molar refractivity (Wildman–Crippen MR) is 77.5 cm³/mol. The molecular formula is C16H16O2S. The molecule has 0 bridgehead atoms. The van der Waals surface area contributed by atoms with Crippen LogP contribution in [0.15, 0.2) is 36.4 Å². The third-order valence-corrected chi connectivity index (χ3v) is 4.51. The van der Waals surface area contributed by atoms with Crippen LogP contribution >= 0.6 is 11.3 Å². The Morgan fingerprint density at radius 1 is 1.26 bits per heavy atom. The summed E-state index contributed by atoms with van der Waals surface area (Å²) in [6, 6.07) is 12.2. The zero-order chi connectivity index (χ0) is 13.2. The summed E-state index contributed by atoms with van der Waals surface area (Å²) >= 11 is 1.60. The van der Waals surface area contributed by atoms with E-state index < -0.39 is 0 Å². The van der Waals surface area contributed by atoms with E-state index in [-0.39, 0.29) is 0 Å². The fourth-order valence-corrected chi connectivity index (χ4v) is 3.29. The van der Waals surface area contributed by atoms with Crippen molar-refractivity contribution >= 4 is 17.1 Å². The summed E-state index contributed by atoms with van der Waals surface area (Å²) in [5.41, 5.74) is 2.33. The van der Waals surface area contributed by atoms with Crippen molar-refractivity contribution in [2.45, 2.75) is 19.4 Å². The summed E-state index contributed by atoms with van der Waals surface area (Å²) in [6.45, 7) is 0.597. The minimum atomic E-state index is 0.292. The van der Waals surface area contributed by atoms with Crippen LogP contribution in [0.25, 0.3) is 10.4 Å². The molecule has 0 saturated heterocycles. The standard InChI is InChI=1S/C16H16O2S/c1-18-10-12-4-2-3-5-13(12)14-8-9-15(19-14)16(17)11-6-7-11/h2-5,8-9,11H,6-7,10H2,1H3.